The van der Waals surface area contributed by atoms with Gasteiger partial charge in [-0.05, 0) is 31.7 Å². The Morgan fingerprint density at radius 2 is 1.75 bits per heavy atom. The number of aromatic nitrogens is 2. The third kappa shape index (κ3) is 8.87. The molecule has 0 saturated carbocycles. The third-order valence-corrected chi connectivity index (χ3v) is 3.56. The van der Waals surface area contributed by atoms with Crippen molar-refractivity contribution in [1.82, 2.24) is 26.1 Å². The second-order valence-electron chi connectivity index (χ2n) is 5.77. The lowest BCUT2D eigenvalue weighted by molar-refractivity contribution is -0.140. The molecule has 0 bridgehead atoms. The average Bonchev–Trinajstić information content (AvgIpc) is 2.64. The molecule has 1 atom stereocenters. The number of nitrogens with one attached hydrogen (secondary N) is 3. The van der Waals surface area contributed by atoms with E-state index >= 15 is 0 Å². The number of urea groups is 1. The molecular formula is C16H22FN5O6. The summed E-state index contributed by atoms with van der Waals surface area (Å²) < 4.78 is 13.3. The van der Waals surface area contributed by atoms with E-state index in [1.54, 1.807) is 0 Å². The Morgan fingerprint density at radius 1 is 1.07 bits per heavy atom. The van der Waals surface area contributed by atoms with E-state index in [0.29, 0.717) is 19.3 Å². The van der Waals surface area contributed by atoms with Crippen molar-refractivity contribution in [2.75, 3.05) is 13.1 Å². The monoisotopic (exact) mass is 398 g/mol. The molecule has 0 radical (unpaired) electrons. The summed E-state index contributed by atoms with van der Waals surface area (Å²) in [5.41, 5.74) is -0.378. The fourth-order valence-electron chi connectivity index (χ4n) is 2.12. The van der Waals surface area contributed by atoms with Crippen LogP contribution in [-0.2, 0) is 9.59 Å². The lowest BCUT2D eigenvalue weighted by atomic mass is 10.1. The Kier molecular flexibility index (Phi) is 9.86. The largest absolute Gasteiger partial charge is 0.481 e. The molecule has 11 nitrogen and oxygen atoms in total. The van der Waals surface area contributed by atoms with E-state index in [0.717, 1.165) is 12.3 Å². The molecule has 0 saturated heterocycles. The molecule has 0 fully saturated rings. The number of hydrogen-bond acceptors (Lipinski definition) is 6. The first-order chi connectivity index (χ1) is 13.3. The Bertz CT molecular complexity index is 702. The van der Waals surface area contributed by atoms with Crippen molar-refractivity contribution in [1.29, 1.82) is 0 Å². The molecule has 0 aliphatic rings. The van der Waals surface area contributed by atoms with Crippen molar-refractivity contribution < 1.29 is 33.8 Å². The maximum absolute atomic E-state index is 13.3. The van der Waals surface area contributed by atoms with Gasteiger partial charge in [0, 0.05) is 19.5 Å². The number of halogens is 1. The van der Waals surface area contributed by atoms with Crippen molar-refractivity contribution in [3.05, 3.63) is 23.8 Å². The van der Waals surface area contributed by atoms with Gasteiger partial charge in [0.25, 0.3) is 5.91 Å². The van der Waals surface area contributed by atoms with Crippen molar-refractivity contribution >= 4 is 23.9 Å². The Morgan fingerprint density at radius 3 is 2.36 bits per heavy atom. The van der Waals surface area contributed by atoms with Crippen LogP contribution < -0.4 is 16.0 Å². The van der Waals surface area contributed by atoms with Crippen LogP contribution in [0.5, 0.6) is 0 Å². The summed E-state index contributed by atoms with van der Waals surface area (Å²) in [5, 5.41) is 31.5. The van der Waals surface area contributed by atoms with E-state index in [-0.39, 0.29) is 31.6 Å². The van der Waals surface area contributed by atoms with E-state index in [9.17, 15) is 23.6 Å². The number of unbranched alkanes of at least 4 members (excludes halogenated alkanes) is 2. The van der Waals surface area contributed by atoms with E-state index in [1.165, 1.54) is 0 Å². The minimum atomic E-state index is -1.31. The van der Waals surface area contributed by atoms with Crippen molar-refractivity contribution in [3.8, 4) is 0 Å². The van der Waals surface area contributed by atoms with Crippen molar-refractivity contribution in [2.24, 2.45) is 0 Å². The Balaban J connectivity index is 2.15. The lowest BCUT2D eigenvalue weighted by Crippen LogP contribution is -2.46. The highest BCUT2D eigenvalue weighted by atomic mass is 18.2. The highest BCUT2D eigenvalue weighted by Gasteiger charge is 2.20. The molecule has 5 N–H and O–H groups in total. The molecule has 0 aromatic carbocycles. The first kappa shape index (κ1) is 22.7. The standard InChI is InChI=1S/C16H22FN5O6/c17-10-6-9-20-22-13(10)14(25)18-7-2-1-3-8-19-16(28)21-11(15(26)27)4-5-12(23)24/h6,9,11H,1-5,7-8H2,(H,18,25)(H,23,24)(H,26,27)(H2,19,21,28)/t11-/m0/s1/i17-1. The van der Waals surface area contributed by atoms with E-state index < -0.39 is 35.7 Å². The van der Waals surface area contributed by atoms with Crippen LogP contribution >= 0.6 is 0 Å². The summed E-state index contributed by atoms with van der Waals surface area (Å²) in [6, 6.07) is -0.952. The van der Waals surface area contributed by atoms with Crippen molar-refractivity contribution in [3.63, 3.8) is 0 Å². The van der Waals surface area contributed by atoms with Gasteiger partial charge in [0.2, 0.25) is 0 Å². The summed E-state index contributed by atoms with van der Waals surface area (Å²) in [6.45, 7) is 0.557. The zero-order valence-electron chi connectivity index (χ0n) is 15.0. The topological polar surface area (TPSA) is 171 Å². The SMILES string of the molecule is O=C(O)CC[C@H](NC(=O)NCCCCCNC(=O)c1nnccc1[18F])C(=O)O. The number of aliphatic carboxylic acids is 2. The zero-order chi connectivity index (χ0) is 20.9. The number of hydrogen-bond donors (Lipinski definition) is 5. The molecule has 0 unspecified atom stereocenters. The first-order valence-corrected chi connectivity index (χ1v) is 8.55. The zero-order valence-corrected chi connectivity index (χ0v) is 15.0. The Labute approximate surface area is 159 Å². The molecule has 1 aromatic rings. The summed E-state index contributed by atoms with van der Waals surface area (Å²) in [4.78, 5) is 44.8. The molecule has 12 heteroatoms. The number of carboxylic acid groups (broad SMARTS) is 2. The predicted octanol–water partition coefficient (Wildman–Crippen LogP) is 0.133. The average molecular weight is 398 g/mol. The van der Waals surface area contributed by atoms with Gasteiger partial charge in [-0.1, -0.05) is 0 Å². The van der Waals surface area contributed by atoms with Crippen LogP contribution in [0.25, 0.3) is 0 Å². The summed E-state index contributed by atoms with van der Waals surface area (Å²) in [6.07, 6.45) is 2.33. The molecule has 1 heterocycles. The van der Waals surface area contributed by atoms with Crippen LogP contribution in [0.3, 0.4) is 0 Å². The molecule has 28 heavy (non-hydrogen) atoms. The third-order valence-electron chi connectivity index (χ3n) is 3.56. The number of rotatable bonds is 12. The smallest absolute Gasteiger partial charge is 0.326 e. The highest BCUT2D eigenvalue weighted by Crippen LogP contribution is 2.01. The second-order valence-corrected chi connectivity index (χ2v) is 5.77. The number of carbonyl (C=O) groups is 4. The van der Waals surface area contributed by atoms with Gasteiger partial charge in [-0.15, -0.1) is 5.10 Å². The molecular weight excluding hydrogens is 376 g/mol. The molecule has 154 valence electrons. The van der Waals surface area contributed by atoms with Crippen LogP contribution in [-0.4, -0.2) is 63.4 Å². The normalized spacial score (nSPS) is 11.3. The number of carboxylic acids is 2. The van der Waals surface area contributed by atoms with Crippen LogP contribution in [0.4, 0.5) is 9.18 Å². The number of carbonyl (C=O) groups excluding carboxylic acids is 2. The van der Waals surface area contributed by atoms with Crippen LogP contribution in [0.15, 0.2) is 12.3 Å². The molecule has 0 aliphatic heterocycles. The maximum atomic E-state index is 13.3. The number of nitrogens with zero attached hydrogens (tertiary/aromatic N) is 2. The highest BCUT2D eigenvalue weighted by molar-refractivity contribution is 5.92. The Hall–Kier alpha value is -3.31. The molecule has 0 aliphatic carbocycles. The maximum Gasteiger partial charge on any atom is 0.326 e. The lowest BCUT2D eigenvalue weighted by Gasteiger charge is -2.14. The van der Waals surface area contributed by atoms with Gasteiger partial charge in [0.15, 0.2) is 11.5 Å². The minimum Gasteiger partial charge on any atom is -0.481 e. The molecule has 0 spiro atoms. The van der Waals surface area contributed by atoms with Crippen LogP contribution in [0.2, 0.25) is 0 Å². The fraction of sp³-hybridized carbons (Fsp3) is 0.500. The van der Waals surface area contributed by atoms with E-state index in [4.69, 9.17) is 10.2 Å². The molecule has 1 aromatic heterocycles. The van der Waals surface area contributed by atoms with Gasteiger partial charge < -0.3 is 26.2 Å². The summed E-state index contributed by atoms with van der Waals surface area (Å²) in [5.74, 6) is -3.89. The minimum absolute atomic E-state index is 0.218. The van der Waals surface area contributed by atoms with Gasteiger partial charge in [0.1, 0.15) is 6.04 Å². The van der Waals surface area contributed by atoms with Gasteiger partial charge in [-0.3, -0.25) is 9.59 Å². The first-order valence-electron chi connectivity index (χ1n) is 8.55. The summed E-state index contributed by atoms with van der Waals surface area (Å²) >= 11 is 0. The summed E-state index contributed by atoms with van der Waals surface area (Å²) in [7, 11) is 0. The number of amides is 3. The second kappa shape index (κ2) is 12.1. The quantitative estimate of drug-likeness (QED) is 0.309. The van der Waals surface area contributed by atoms with E-state index in [2.05, 4.69) is 26.1 Å². The van der Waals surface area contributed by atoms with Crippen molar-refractivity contribution in [2.45, 2.75) is 38.1 Å². The van der Waals surface area contributed by atoms with Gasteiger partial charge in [-0.25, -0.2) is 14.0 Å². The molecule has 3 amide bonds. The van der Waals surface area contributed by atoms with Crippen LogP contribution in [0.1, 0.15) is 42.6 Å². The van der Waals surface area contributed by atoms with Gasteiger partial charge in [-0.2, -0.15) is 5.10 Å². The predicted molar refractivity (Wildman–Crippen MR) is 93.0 cm³/mol. The molecule has 1 rings (SSSR count). The van der Waals surface area contributed by atoms with Crippen LogP contribution in [0, 0.1) is 5.82 Å². The van der Waals surface area contributed by atoms with Gasteiger partial charge in [0.05, 0.1) is 6.20 Å². The fourth-order valence-corrected chi connectivity index (χ4v) is 2.12. The van der Waals surface area contributed by atoms with E-state index in [1.807, 2.05) is 0 Å². The van der Waals surface area contributed by atoms with Gasteiger partial charge >= 0.3 is 18.0 Å².